The monoisotopic (exact) mass is 442 g/mol. The first-order valence-corrected chi connectivity index (χ1v) is 8.15. The van der Waals surface area contributed by atoms with Crippen LogP contribution in [0.5, 0.6) is 11.6 Å². The Hall–Kier alpha value is -3.56. The predicted molar refractivity (Wildman–Crippen MR) is 95.1 cm³/mol. The molecule has 0 fully saturated rings. The minimum Gasteiger partial charge on any atom is -0.434 e. The van der Waals surface area contributed by atoms with Crippen molar-refractivity contribution in [3.63, 3.8) is 0 Å². The molecule has 0 amide bonds. The summed E-state index contributed by atoms with van der Waals surface area (Å²) in [4.78, 5) is 36.6. The Morgan fingerprint density at radius 1 is 1.14 bits per heavy atom. The van der Waals surface area contributed by atoms with Gasteiger partial charge in [0.1, 0.15) is 6.07 Å². The number of benzene rings is 1. The second-order valence-electron chi connectivity index (χ2n) is 5.26. The second kappa shape index (κ2) is 7.82. The number of ether oxygens (including phenoxy) is 1. The number of nitriles is 1. The van der Waals surface area contributed by atoms with Gasteiger partial charge < -0.3 is 4.74 Å². The molecule has 29 heavy (non-hydrogen) atoms. The maximum atomic E-state index is 12.8. The smallest absolute Gasteiger partial charge is 0.349 e. The zero-order valence-corrected chi connectivity index (χ0v) is 15.3. The van der Waals surface area contributed by atoms with Gasteiger partial charge in [-0.2, -0.15) is 9.94 Å². The summed E-state index contributed by atoms with van der Waals surface area (Å²) in [6.07, 6.45) is -3.06. The summed E-state index contributed by atoms with van der Waals surface area (Å²) in [5.74, 6) is -0.627. The Morgan fingerprint density at radius 3 is 2.38 bits per heavy atom. The molecule has 0 saturated carbocycles. The molecule has 0 radical (unpaired) electrons. The van der Waals surface area contributed by atoms with Crippen LogP contribution in [0.1, 0.15) is 17.7 Å². The highest BCUT2D eigenvalue weighted by atomic mass is 35.5. The Balaban J connectivity index is 2.05. The maximum absolute atomic E-state index is 12.8. The first-order valence-electron chi connectivity index (χ1n) is 7.40. The molecule has 0 saturated heterocycles. The van der Waals surface area contributed by atoms with Crippen LogP contribution in [0.3, 0.4) is 0 Å². The van der Waals surface area contributed by atoms with Crippen molar-refractivity contribution in [2.45, 2.75) is 6.43 Å². The van der Waals surface area contributed by atoms with Crippen LogP contribution in [0, 0.1) is 11.3 Å². The summed E-state index contributed by atoms with van der Waals surface area (Å²) in [5.41, 5.74) is -4.48. The molecule has 10 nitrogen and oxygen atoms in total. The first kappa shape index (κ1) is 20.2. The van der Waals surface area contributed by atoms with E-state index in [1.165, 1.54) is 6.07 Å². The van der Waals surface area contributed by atoms with Crippen LogP contribution >= 0.6 is 23.2 Å². The molecule has 1 aromatic carbocycles. The third-order valence-electron chi connectivity index (χ3n) is 3.41. The van der Waals surface area contributed by atoms with E-state index in [-0.39, 0.29) is 21.5 Å². The lowest BCUT2D eigenvalue weighted by molar-refractivity contribution is 0.149. The summed E-state index contributed by atoms with van der Waals surface area (Å²) in [6.45, 7) is 0. The summed E-state index contributed by atoms with van der Waals surface area (Å²) >= 11 is 12.2. The van der Waals surface area contributed by atoms with Crippen molar-refractivity contribution in [2.24, 2.45) is 0 Å². The van der Waals surface area contributed by atoms with E-state index in [2.05, 4.69) is 10.2 Å². The SMILES string of the molecule is N#Cc1nn(-c2cc(Cl)c(Oc3cc(C(F)F)c(=O)[nH]n3)c(Cl)c2)c(=O)[nH]c1=O. The number of alkyl halides is 2. The molecular weight excluding hydrogens is 437 g/mol. The molecule has 2 aromatic heterocycles. The van der Waals surface area contributed by atoms with Crippen molar-refractivity contribution < 1.29 is 13.5 Å². The van der Waals surface area contributed by atoms with E-state index >= 15 is 0 Å². The number of rotatable bonds is 4. The zero-order chi connectivity index (χ0) is 21.3. The molecule has 0 unspecified atom stereocenters. The molecule has 0 atom stereocenters. The molecular formula is C15H6Cl2F2N6O4. The highest BCUT2D eigenvalue weighted by molar-refractivity contribution is 6.37. The van der Waals surface area contributed by atoms with Crippen molar-refractivity contribution in [3.05, 3.63) is 70.7 Å². The van der Waals surface area contributed by atoms with Gasteiger partial charge >= 0.3 is 5.69 Å². The molecule has 2 N–H and O–H groups in total. The molecule has 3 aromatic rings. The van der Waals surface area contributed by atoms with Crippen molar-refractivity contribution in [1.29, 1.82) is 5.26 Å². The Labute approximate surface area is 167 Å². The minimum absolute atomic E-state index is 0.0206. The standard InChI is InChI=1S/C15H6Cl2F2N6O4/c16-7-1-5(25-15(28)21-14(27)9(4-20)24-25)2-8(17)11(7)29-10-3-6(12(18)19)13(26)23-22-10/h1-3,12H,(H,23,26)(H,21,27,28). The van der Waals surface area contributed by atoms with Gasteiger partial charge in [0.25, 0.3) is 17.5 Å². The fraction of sp³-hybridized carbons (Fsp3) is 0.0667. The average Bonchev–Trinajstić information content (AvgIpc) is 2.65. The predicted octanol–water partition coefficient (Wildman–Crippen LogP) is 1.91. The lowest BCUT2D eigenvalue weighted by Gasteiger charge is -2.11. The molecule has 2 heterocycles. The van der Waals surface area contributed by atoms with Gasteiger partial charge in [0, 0.05) is 6.07 Å². The summed E-state index contributed by atoms with van der Waals surface area (Å²) in [7, 11) is 0. The van der Waals surface area contributed by atoms with Crippen LogP contribution < -0.4 is 21.5 Å². The van der Waals surface area contributed by atoms with Gasteiger partial charge in [-0.25, -0.2) is 18.7 Å². The van der Waals surface area contributed by atoms with Crippen molar-refractivity contribution in [2.75, 3.05) is 0 Å². The molecule has 3 rings (SSSR count). The average molecular weight is 443 g/mol. The third-order valence-corrected chi connectivity index (χ3v) is 3.97. The number of nitrogens with one attached hydrogen (secondary N) is 2. The quantitative estimate of drug-likeness (QED) is 0.626. The van der Waals surface area contributed by atoms with E-state index in [0.717, 1.165) is 18.2 Å². The lowest BCUT2D eigenvalue weighted by Crippen LogP contribution is -2.33. The van der Waals surface area contributed by atoms with Gasteiger partial charge in [0.2, 0.25) is 11.6 Å². The van der Waals surface area contributed by atoms with E-state index in [1.807, 2.05) is 10.1 Å². The second-order valence-corrected chi connectivity index (χ2v) is 6.08. The maximum Gasteiger partial charge on any atom is 0.349 e. The van der Waals surface area contributed by atoms with Crippen LogP contribution in [-0.2, 0) is 0 Å². The fourth-order valence-corrected chi connectivity index (χ4v) is 2.69. The Bertz CT molecular complexity index is 1300. The molecule has 0 aliphatic rings. The number of hydrogen-bond donors (Lipinski definition) is 2. The fourth-order valence-electron chi connectivity index (χ4n) is 2.13. The highest BCUT2D eigenvalue weighted by Gasteiger charge is 2.18. The van der Waals surface area contributed by atoms with Crippen LogP contribution in [0.4, 0.5) is 8.78 Å². The molecule has 0 bridgehead atoms. The van der Waals surface area contributed by atoms with E-state index in [4.69, 9.17) is 33.2 Å². The number of aromatic amines is 2. The van der Waals surface area contributed by atoms with Gasteiger partial charge in [0.05, 0.1) is 21.3 Å². The van der Waals surface area contributed by atoms with Crippen molar-refractivity contribution in [1.82, 2.24) is 25.0 Å². The molecule has 0 aliphatic carbocycles. The number of aromatic nitrogens is 5. The van der Waals surface area contributed by atoms with Gasteiger partial charge in [-0.1, -0.05) is 23.2 Å². The normalized spacial score (nSPS) is 10.8. The highest BCUT2D eigenvalue weighted by Crippen LogP contribution is 2.37. The van der Waals surface area contributed by atoms with Crippen LogP contribution in [0.2, 0.25) is 10.0 Å². The van der Waals surface area contributed by atoms with Crippen LogP contribution in [0.25, 0.3) is 5.69 Å². The third kappa shape index (κ3) is 4.00. The van der Waals surface area contributed by atoms with Crippen molar-refractivity contribution in [3.8, 4) is 23.4 Å². The topological polar surface area (TPSA) is 147 Å². The Morgan fingerprint density at radius 2 is 1.79 bits per heavy atom. The first-order chi connectivity index (χ1) is 13.7. The van der Waals surface area contributed by atoms with Gasteiger partial charge in [-0.05, 0) is 12.1 Å². The van der Waals surface area contributed by atoms with Gasteiger partial charge in [-0.3, -0.25) is 14.6 Å². The largest absolute Gasteiger partial charge is 0.434 e. The summed E-state index contributed by atoms with van der Waals surface area (Å²) in [5, 5.41) is 17.4. The van der Waals surface area contributed by atoms with Gasteiger partial charge in [-0.15, -0.1) is 10.2 Å². The Kier molecular flexibility index (Phi) is 5.44. The van der Waals surface area contributed by atoms with Crippen molar-refractivity contribution >= 4 is 23.2 Å². The minimum atomic E-state index is -3.06. The number of hydrogen-bond acceptors (Lipinski definition) is 7. The van der Waals surface area contributed by atoms with Crippen LogP contribution in [-0.4, -0.2) is 25.0 Å². The van der Waals surface area contributed by atoms with Crippen LogP contribution in [0.15, 0.2) is 32.6 Å². The summed E-state index contributed by atoms with van der Waals surface area (Å²) < 4.78 is 31.6. The number of halogens is 4. The number of H-pyrrole nitrogens is 2. The molecule has 14 heteroatoms. The van der Waals surface area contributed by atoms with Gasteiger partial charge in [0.15, 0.2) is 5.75 Å². The van der Waals surface area contributed by atoms with E-state index < -0.39 is 40.4 Å². The van der Waals surface area contributed by atoms with E-state index in [1.54, 1.807) is 0 Å². The van der Waals surface area contributed by atoms with E-state index in [0.29, 0.717) is 4.68 Å². The lowest BCUT2D eigenvalue weighted by atomic mass is 10.3. The molecule has 0 spiro atoms. The zero-order valence-electron chi connectivity index (χ0n) is 13.7. The molecule has 148 valence electrons. The van der Waals surface area contributed by atoms with E-state index in [9.17, 15) is 23.2 Å². The molecule has 0 aliphatic heterocycles. The summed E-state index contributed by atoms with van der Waals surface area (Å²) in [6, 6.07) is 4.57. The number of nitrogens with zero attached hydrogens (tertiary/aromatic N) is 4.